The van der Waals surface area contributed by atoms with Gasteiger partial charge in [-0.25, -0.2) is 9.97 Å². The van der Waals surface area contributed by atoms with Gasteiger partial charge in [0.2, 0.25) is 5.78 Å². The third-order valence-corrected chi connectivity index (χ3v) is 4.11. The van der Waals surface area contributed by atoms with E-state index in [1.165, 1.54) is 5.56 Å². The van der Waals surface area contributed by atoms with E-state index >= 15 is 0 Å². The molecule has 6 heteroatoms. The highest BCUT2D eigenvalue weighted by Crippen LogP contribution is 2.28. The van der Waals surface area contributed by atoms with Crippen LogP contribution in [-0.4, -0.2) is 43.2 Å². The van der Waals surface area contributed by atoms with Crippen LogP contribution in [0.4, 0.5) is 0 Å². The minimum Gasteiger partial charge on any atom is -0.336 e. The molecule has 4 heterocycles. The Balaban J connectivity index is 1.57. The molecule has 3 aromatic rings. The van der Waals surface area contributed by atoms with E-state index in [2.05, 4.69) is 21.0 Å². The van der Waals surface area contributed by atoms with Gasteiger partial charge < -0.3 is 4.90 Å². The van der Waals surface area contributed by atoms with Crippen LogP contribution < -0.4 is 0 Å². The largest absolute Gasteiger partial charge is 0.336 e. The summed E-state index contributed by atoms with van der Waals surface area (Å²) in [5.74, 6) is 0.945. The lowest BCUT2D eigenvalue weighted by Crippen LogP contribution is -2.49. The summed E-state index contributed by atoms with van der Waals surface area (Å²) >= 11 is 0. The maximum atomic E-state index is 12.7. The maximum absolute atomic E-state index is 12.7. The van der Waals surface area contributed by atoms with E-state index in [9.17, 15) is 4.79 Å². The fourth-order valence-electron chi connectivity index (χ4n) is 2.88. The van der Waals surface area contributed by atoms with Gasteiger partial charge in [-0.1, -0.05) is 6.07 Å². The van der Waals surface area contributed by atoms with Crippen molar-refractivity contribution in [2.45, 2.75) is 12.8 Å². The first-order valence-electron chi connectivity index (χ1n) is 7.23. The highest BCUT2D eigenvalue weighted by atomic mass is 16.2. The van der Waals surface area contributed by atoms with Gasteiger partial charge in [-0.05, 0) is 24.6 Å². The molecule has 0 atom stereocenters. The number of carbonyl (C=O) groups excluding carboxylic acids is 1. The fourth-order valence-corrected chi connectivity index (χ4v) is 2.88. The summed E-state index contributed by atoms with van der Waals surface area (Å²) < 4.78 is 1.76. The predicted molar refractivity (Wildman–Crippen MR) is 80.6 cm³/mol. The second kappa shape index (κ2) is 4.91. The van der Waals surface area contributed by atoms with Gasteiger partial charge in [0, 0.05) is 43.8 Å². The first kappa shape index (κ1) is 12.9. The number of rotatable bonds is 2. The van der Waals surface area contributed by atoms with Gasteiger partial charge >= 0.3 is 0 Å². The number of aryl methyl sites for hydroxylation is 1. The molecule has 0 N–H and O–H groups in total. The number of nitrogens with zero attached hydrogens (tertiary/aromatic N) is 5. The van der Waals surface area contributed by atoms with Crippen LogP contribution in [0.5, 0.6) is 0 Å². The molecule has 0 unspecified atom stereocenters. The number of imidazole rings is 1. The van der Waals surface area contributed by atoms with Crippen LogP contribution in [0, 0.1) is 6.92 Å². The van der Waals surface area contributed by atoms with Crippen LogP contribution in [0.15, 0.2) is 43.0 Å². The van der Waals surface area contributed by atoms with E-state index in [0.717, 1.165) is 13.1 Å². The number of hydrogen-bond donors (Lipinski definition) is 0. The monoisotopic (exact) mass is 293 g/mol. The van der Waals surface area contributed by atoms with Crippen LogP contribution in [0.25, 0.3) is 5.78 Å². The summed E-state index contributed by atoms with van der Waals surface area (Å²) in [6, 6.07) is 5.79. The van der Waals surface area contributed by atoms with Crippen LogP contribution in [0.1, 0.15) is 27.7 Å². The van der Waals surface area contributed by atoms with E-state index in [1.54, 1.807) is 22.9 Å². The van der Waals surface area contributed by atoms with Crippen molar-refractivity contribution in [2.75, 3.05) is 13.1 Å². The van der Waals surface area contributed by atoms with Crippen LogP contribution in [0.3, 0.4) is 0 Å². The van der Waals surface area contributed by atoms with Crippen molar-refractivity contribution < 1.29 is 4.79 Å². The lowest BCUT2D eigenvalue weighted by Gasteiger charge is -2.39. The molecule has 4 rings (SSSR count). The molecule has 1 fully saturated rings. The summed E-state index contributed by atoms with van der Waals surface area (Å²) in [7, 11) is 0. The number of carbonyl (C=O) groups is 1. The van der Waals surface area contributed by atoms with Gasteiger partial charge in [0.05, 0.1) is 5.69 Å². The Morgan fingerprint density at radius 1 is 1.27 bits per heavy atom. The van der Waals surface area contributed by atoms with Gasteiger partial charge in [0.15, 0.2) is 0 Å². The summed E-state index contributed by atoms with van der Waals surface area (Å²) in [5, 5.41) is 0. The quantitative estimate of drug-likeness (QED) is 0.721. The van der Waals surface area contributed by atoms with Gasteiger partial charge in [0.25, 0.3) is 5.91 Å². The molecular formula is C16H15N5O. The molecule has 6 nitrogen and oxygen atoms in total. The highest BCUT2D eigenvalue weighted by Gasteiger charge is 2.34. The molecular weight excluding hydrogens is 278 g/mol. The smallest absolute Gasteiger partial charge is 0.272 e. The normalized spacial score (nSPS) is 15.0. The average molecular weight is 293 g/mol. The summed E-state index contributed by atoms with van der Waals surface area (Å²) in [6.07, 6.45) is 7.14. The minimum atomic E-state index is 0.0122. The second-order valence-electron chi connectivity index (χ2n) is 5.53. The first-order chi connectivity index (χ1) is 10.7. The Bertz CT molecular complexity index is 836. The maximum Gasteiger partial charge on any atom is 0.272 e. The van der Waals surface area contributed by atoms with E-state index in [0.29, 0.717) is 23.1 Å². The van der Waals surface area contributed by atoms with Gasteiger partial charge in [0.1, 0.15) is 5.69 Å². The van der Waals surface area contributed by atoms with Gasteiger partial charge in [-0.15, -0.1) is 0 Å². The van der Waals surface area contributed by atoms with Crippen molar-refractivity contribution in [3.63, 3.8) is 0 Å². The van der Waals surface area contributed by atoms with E-state index in [1.807, 2.05) is 30.3 Å². The Morgan fingerprint density at radius 3 is 2.91 bits per heavy atom. The van der Waals surface area contributed by atoms with Gasteiger partial charge in [-0.3, -0.25) is 14.2 Å². The Kier molecular flexibility index (Phi) is 2.89. The molecule has 0 aromatic carbocycles. The van der Waals surface area contributed by atoms with Crippen molar-refractivity contribution >= 4 is 11.7 Å². The van der Waals surface area contributed by atoms with Crippen molar-refractivity contribution in [1.82, 2.24) is 24.3 Å². The lowest BCUT2D eigenvalue weighted by molar-refractivity contribution is 0.0594. The molecule has 3 aromatic heterocycles. The minimum absolute atomic E-state index is 0.0122. The average Bonchev–Trinajstić information content (AvgIpc) is 2.82. The number of pyridine rings is 1. The van der Waals surface area contributed by atoms with E-state index < -0.39 is 0 Å². The molecule has 1 aliphatic rings. The molecule has 0 aliphatic carbocycles. The number of amides is 1. The number of aromatic nitrogens is 4. The molecule has 0 saturated carbocycles. The van der Waals surface area contributed by atoms with Crippen molar-refractivity contribution in [3.05, 3.63) is 59.9 Å². The zero-order valence-electron chi connectivity index (χ0n) is 12.2. The summed E-state index contributed by atoms with van der Waals surface area (Å²) in [4.78, 5) is 27.2. The third kappa shape index (κ3) is 1.95. The molecule has 0 bridgehead atoms. The zero-order valence-corrected chi connectivity index (χ0v) is 12.2. The molecule has 1 aliphatic heterocycles. The predicted octanol–water partition coefficient (Wildman–Crippen LogP) is 1.67. The van der Waals surface area contributed by atoms with Gasteiger partial charge in [-0.2, -0.15) is 0 Å². The van der Waals surface area contributed by atoms with Crippen molar-refractivity contribution in [1.29, 1.82) is 0 Å². The Hall–Kier alpha value is -2.76. The zero-order chi connectivity index (χ0) is 15.1. The first-order valence-corrected chi connectivity index (χ1v) is 7.23. The lowest BCUT2D eigenvalue weighted by atomic mass is 9.92. The molecule has 0 radical (unpaired) electrons. The molecule has 22 heavy (non-hydrogen) atoms. The number of likely N-dealkylation sites (tertiary alicyclic amines) is 1. The number of fused-ring (bicyclic) bond motifs is 1. The third-order valence-electron chi connectivity index (χ3n) is 4.11. The van der Waals surface area contributed by atoms with Crippen molar-refractivity contribution in [2.24, 2.45) is 0 Å². The summed E-state index contributed by atoms with van der Waals surface area (Å²) in [6.45, 7) is 3.29. The number of hydrogen-bond acceptors (Lipinski definition) is 4. The standard InChI is InChI=1S/C16H15N5O/c1-11-14(21-7-3-6-18-16(21)19-11)15(22)20-9-13(10-20)12-4-2-5-17-8-12/h2-8,13H,9-10H2,1H3. The Labute approximate surface area is 127 Å². The Morgan fingerprint density at radius 2 is 2.14 bits per heavy atom. The molecule has 1 saturated heterocycles. The molecule has 0 spiro atoms. The molecule has 1 amide bonds. The van der Waals surface area contributed by atoms with E-state index in [4.69, 9.17) is 0 Å². The van der Waals surface area contributed by atoms with E-state index in [-0.39, 0.29) is 5.91 Å². The van der Waals surface area contributed by atoms with Crippen molar-refractivity contribution in [3.8, 4) is 0 Å². The summed E-state index contributed by atoms with van der Waals surface area (Å²) in [5.41, 5.74) is 2.50. The fraction of sp³-hybridized carbons (Fsp3) is 0.250. The van der Waals surface area contributed by atoms with Crippen LogP contribution in [0.2, 0.25) is 0 Å². The highest BCUT2D eigenvalue weighted by molar-refractivity contribution is 5.95. The van der Waals surface area contributed by atoms with Crippen LogP contribution >= 0.6 is 0 Å². The SMILES string of the molecule is Cc1nc2ncccn2c1C(=O)N1CC(c2cccnc2)C1. The molecule has 110 valence electrons. The topological polar surface area (TPSA) is 63.4 Å². The second-order valence-corrected chi connectivity index (χ2v) is 5.53. The van der Waals surface area contributed by atoms with Crippen LogP contribution in [-0.2, 0) is 0 Å².